The monoisotopic (exact) mass is 281 g/mol. The largest absolute Gasteiger partial charge is 0.353 e. The van der Waals surface area contributed by atoms with Gasteiger partial charge in [0.05, 0.1) is 0 Å². The Morgan fingerprint density at radius 1 is 1.15 bits per heavy atom. The molecule has 0 unspecified atom stereocenters. The number of hydrogen-bond acceptors (Lipinski definition) is 3. The van der Waals surface area contributed by atoms with Crippen LogP contribution in [-0.2, 0) is 4.79 Å². The van der Waals surface area contributed by atoms with Gasteiger partial charge in [0, 0.05) is 25.6 Å². The van der Waals surface area contributed by atoms with Crippen LogP contribution in [0.1, 0.15) is 51.4 Å². The van der Waals surface area contributed by atoms with Crippen molar-refractivity contribution in [2.24, 2.45) is 5.92 Å². The molecular weight excluding hydrogens is 250 g/mol. The molecule has 0 aromatic carbocycles. The molecule has 0 atom stereocenters. The zero-order valence-corrected chi connectivity index (χ0v) is 13.0. The molecule has 2 aliphatic rings. The first-order valence-corrected chi connectivity index (χ1v) is 8.42. The predicted molar refractivity (Wildman–Crippen MR) is 82.7 cm³/mol. The van der Waals surface area contributed by atoms with Crippen LogP contribution in [0.5, 0.6) is 0 Å². The summed E-state index contributed by atoms with van der Waals surface area (Å²) in [5.74, 6) is 1.05. The summed E-state index contributed by atoms with van der Waals surface area (Å²) in [6.07, 6.45) is 9.45. The van der Waals surface area contributed by atoms with E-state index in [2.05, 4.69) is 22.6 Å². The van der Waals surface area contributed by atoms with Crippen molar-refractivity contribution in [3.63, 3.8) is 0 Å². The Labute approximate surface area is 123 Å². The third-order valence-corrected chi connectivity index (χ3v) is 4.72. The van der Waals surface area contributed by atoms with Gasteiger partial charge in [-0.3, -0.25) is 4.79 Å². The van der Waals surface area contributed by atoms with E-state index in [1.54, 1.807) is 0 Å². The van der Waals surface area contributed by atoms with E-state index in [1.165, 1.54) is 44.9 Å². The van der Waals surface area contributed by atoms with E-state index in [4.69, 9.17) is 0 Å². The van der Waals surface area contributed by atoms with Crippen LogP contribution in [0.4, 0.5) is 0 Å². The molecule has 4 heteroatoms. The summed E-state index contributed by atoms with van der Waals surface area (Å²) < 4.78 is 0. The Morgan fingerprint density at radius 2 is 1.85 bits per heavy atom. The molecule has 0 spiro atoms. The number of nitrogens with one attached hydrogen (secondary N) is 2. The van der Waals surface area contributed by atoms with E-state index in [9.17, 15) is 4.79 Å². The Balaban J connectivity index is 1.57. The topological polar surface area (TPSA) is 44.4 Å². The van der Waals surface area contributed by atoms with Crippen molar-refractivity contribution in [2.75, 3.05) is 33.2 Å². The van der Waals surface area contributed by atoms with Crippen molar-refractivity contribution in [1.82, 2.24) is 15.5 Å². The number of carbonyl (C=O) groups is 1. The maximum absolute atomic E-state index is 12.0. The Morgan fingerprint density at radius 3 is 2.55 bits per heavy atom. The molecule has 4 nitrogen and oxygen atoms in total. The summed E-state index contributed by atoms with van der Waals surface area (Å²) >= 11 is 0. The maximum atomic E-state index is 12.0. The van der Waals surface area contributed by atoms with Gasteiger partial charge >= 0.3 is 0 Å². The molecule has 1 aliphatic carbocycles. The highest BCUT2D eigenvalue weighted by molar-refractivity contribution is 5.76. The second kappa shape index (κ2) is 8.63. The molecule has 2 rings (SSSR count). The van der Waals surface area contributed by atoms with E-state index in [-0.39, 0.29) is 5.91 Å². The van der Waals surface area contributed by atoms with Crippen LogP contribution < -0.4 is 10.6 Å². The van der Waals surface area contributed by atoms with Gasteiger partial charge in [-0.05, 0) is 51.7 Å². The second-order valence-corrected chi connectivity index (χ2v) is 6.61. The molecular formula is C16H31N3O. The minimum Gasteiger partial charge on any atom is -0.353 e. The third-order valence-electron chi connectivity index (χ3n) is 4.72. The van der Waals surface area contributed by atoms with Gasteiger partial charge in [0.1, 0.15) is 0 Å². The van der Waals surface area contributed by atoms with Crippen LogP contribution in [0.15, 0.2) is 0 Å². The van der Waals surface area contributed by atoms with E-state index in [0.29, 0.717) is 12.5 Å². The fraction of sp³-hybridized carbons (Fsp3) is 0.938. The van der Waals surface area contributed by atoms with E-state index in [0.717, 1.165) is 32.1 Å². The van der Waals surface area contributed by atoms with Crippen molar-refractivity contribution in [3.8, 4) is 0 Å². The average Bonchev–Trinajstić information content (AvgIpc) is 2.47. The predicted octanol–water partition coefficient (Wildman–Crippen LogP) is 1.76. The van der Waals surface area contributed by atoms with Crippen LogP contribution in [0.2, 0.25) is 0 Å². The van der Waals surface area contributed by atoms with Gasteiger partial charge in [0.25, 0.3) is 0 Å². The summed E-state index contributed by atoms with van der Waals surface area (Å²) in [5.41, 5.74) is 0. The molecule has 20 heavy (non-hydrogen) atoms. The standard InChI is InChI=1S/C16H31N3O/c1-19(13-14-7-10-17-11-8-14)12-9-16(20)18-15-5-3-2-4-6-15/h14-15,17H,2-13H2,1H3,(H,18,20). The maximum Gasteiger partial charge on any atom is 0.221 e. The smallest absolute Gasteiger partial charge is 0.221 e. The fourth-order valence-electron chi connectivity index (χ4n) is 3.44. The van der Waals surface area contributed by atoms with Gasteiger partial charge in [-0.25, -0.2) is 0 Å². The van der Waals surface area contributed by atoms with Crippen LogP contribution in [0.25, 0.3) is 0 Å². The molecule has 0 aromatic heterocycles. The Kier molecular flexibility index (Phi) is 6.80. The zero-order valence-electron chi connectivity index (χ0n) is 13.0. The highest BCUT2D eigenvalue weighted by atomic mass is 16.1. The van der Waals surface area contributed by atoms with E-state index < -0.39 is 0 Å². The van der Waals surface area contributed by atoms with Crippen LogP contribution in [0.3, 0.4) is 0 Å². The SMILES string of the molecule is CN(CCC(=O)NC1CCCCC1)CC1CCNCC1. The summed E-state index contributed by atoms with van der Waals surface area (Å²) in [6, 6.07) is 0.450. The van der Waals surface area contributed by atoms with E-state index in [1.807, 2.05) is 0 Å². The molecule has 0 aromatic rings. The van der Waals surface area contributed by atoms with Crippen LogP contribution in [0, 0.1) is 5.92 Å². The molecule has 2 fully saturated rings. The normalized spacial score (nSPS) is 22.1. The molecule has 2 N–H and O–H groups in total. The van der Waals surface area contributed by atoms with Crippen molar-refractivity contribution in [3.05, 3.63) is 0 Å². The molecule has 1 saturated carbocycles. The quantitative estimate of drug-likeness (QED) is 0.780. The minimum absolute atomic E-state index is 0.245. The molecule has 116 valence electrons. The molecule has 1 aliphatic heterocycles. The first kappa shape index (κ1) is 15.8. The van der Waals surface area contributed by atoms with Crippen LogP contribution in [-0.4, -0.2) is 50.1 Å². The number of carbonyl (C=O) groups excluding carboxylic acids is 1. The Hall–Kier alpha value is -0.610. The van der Waals surface area contributed by atoms with Gasteiger partial charge in [-0.15, -0.1) is 0 Å². The molecule has 0 radical (unpaired) electrons. The van der Waals surface area contributed by atoms with Crippen molar-refractivity contribution in [1.29, 1.82) is 0 Å². The minimum atomic E-state index is 0.245. The molecule has 1 saturated heterocycles. The number of amides is 1. The first-order valence-electron chi connectivity index (χ1n) is 8.42. The summed E-state index contributed by atoms with van der Waals surface area (Å²) in [4.78, 5) is 14.3. The van der Waals surface area contributed by atoms with Crippen LogP contribution >= 0.6 is 0 Å². The average molecular weight is 281 g/mol. The van der Waals surface area contributed by atoms with Crippen molar-refractivity contribution in [2.45, 2.75) is 57.4 Å². The molecule has 1 amide bonds. The van der Waals surface area contributed by atoms with E-state index >= 15 is 0 Å². The van der Waals surface area contributed by atoms with Gasteiger partial charge in [0.2, 0.25) is 5.91 Å². The van der Waals surface area contributed by atoms with Crippen molar-refractivity contribution >= 4 is 5.91 Å². The number of piperidine rings is 1. The zero-order chi connectivity index (χ0) is 14.2. The fourth-order valence-corrected chi connectivity index (χ4v) is 3.44. The summed E-state index contributed by atoms with van der Waals surface area (Å²) in [6.45, 7) is 4.34. The third kappa shape index (κ3) is 5.80. The molecule has 0 bridgehead atoms. The van der Waals surface area contributed by atoms with Gasteiger partial charge < -0.3 is 15.5 Å². The molecule has 1 heterocycles. The number of nitrogens with zero attached hydrogens (tertiary/aromatic N) is 1. The lowest BCUT2D eigenvalue weighted by Gasteiger charge is -2.28. The number of hydrogen-bond donors (Lipinski definition) is 2. The lowest BCUT2D eigenvalue weighted by Crippen LogP contribution is -2.39. The second-order valence-electron chi connectivity index (χ2n) is 6.61. The summed E-state index contributed by atoms with van der Waals surface area (Å²) in [5, 5.41) is 6.60. The lowest BCUT2D eigenvalue weighted by molar-refractivity contribution is -0.122. The van der Waals surface area contributed by atoms with Crippen molar-refractivity contribution < 1.29 is 4.79 Å². The lowest BCUT2D eigenvalue weighted by atomic mass is 9.95. The number of rotatable bonds is 6. The first-order chi connectivity index (χ1) is 9.74. The highest BCUT2D eigenvalue weighted by Gasteiger charge is 2.17. The summed E-state index contributed by atoms with van der Waals surface area (Å²) in [7, 11) is 2.15. The van der Waals surface area contributed by atoms with Gasteiger partial charge in [-0.2, -0.15) is 0 Å². The Bertz CT molecular complexity index is 283. The highest BCUT2D eigenvalue weighted by Crippen LogP contribution is 2.17. The van der Waals surface area contributed by atoms with Gasteiger partial charge in [-0.1, -0.05) is 19.3 Å². The van der Waals surface area contributed by atoms with Gasteiger partial charge in [0.15, 0.2) is 0 Å².